The van der Waals surface area contributed by atoms with Crippen LogP contribution >= 0.6 is 11.6 Å². The van der Waals surface area contributed by atoms with Gasteiger partial charge >= 0.3 is 0 Å². The Morgan fingerprint density at radius 2 is 1.65 bits per heavy atom. The largest absolute Gasteiger partial charge is 0.490 e. The van der Waals surface area contributed by atoms with E-state index in [0.717, 1.165) is 22.8 Å². The second-order valence-corrected chi connectivity index (χ2v) is 5.56. The predicted octanol–water partition coefficient (Wildman–Crippen LogP) is 4.44. The molecule has 1 rings (SSSR count). The normalized spacial score (nSPS) is 12.6. The summed E-state index contributed by atoms with van der Waals surface area (Å²) in [5.74, 6) is 2.06. The molecule has 0 spiro atoms. The van der Waals surface area contributed by atoms with E-state index in [1.54, 1.807) is 0 Å². The quantitative estimate of drug-likeness (QED) is 0.769. The Morgan fingerprint density at radius 1 is 1.10 bits per heavy atom. The predicted molar refractivity (Wildman–Crippen MR) is 85.0 cm³/mol. The summed E-state index contributed by atoms with van der Waals surface area (Å²) in [7, 11) is 1.96. The highest BCUT2D eigenvalue weighted by atomic mass is 35.5. The van der Waals surface area contributed by atoms with E-state index in [1.807, 2.05) is 33.0 Å². The van der Waals surface area contributed by atoms with Gasteiger partial charge in [-0.2, -0.15) is 0 Å². The molecule has 1 aromatic rings. The van der Waals surface area contributed by atoms with Crippen molar-refractivity contribution in [3.63, 3.8) is 0 Å². The zero-order valence-electron chi connectivity index (χ0n) is 13.1. The molecule has 114 valence electrons. The first-order valence-electron chi connectivity index (χ1n) is 7.29. The molecule has 0 saturated carbocycles. The van der Waals surface area contributed by atoms with Gasteiger partial charge < -0.3 is 14.8 Å². The lowest BCUT2D eigenvalue weighted by molar-refractivity contribution is 0.287. The summed E-state index contributed by atoms with van der Waals surface area (Å²) >= 11 is 6.42. The lowest BCUT2D eigenvalue weighted by Crippen LogP contribution is -2.19. The molecule has 0 fully saturated rings. The summed E-state index contributed by atoms with van der Waals surface area (Å²) in [6.07, 6.45) is 1.02. The first kappa shape index (κ1) is 17.1. The first-order chi connectivity index (χ1) is 9.53. The zero-order chi connectivity index (χ0) is 15.1. The van der Waals surface area contributed by atoms with Crippen molar-refractivity contribution in [3.05, 3.63) is 22.7 Å². The SMILES string of the molecule is CCOc1cc(Cl)c(C(CC(C)C)NC)cc1OCC. The molecule has 1 unspecified atom stereocenters. The smallest absolute Gasteiger partial charge is 0.162 e. The highest BCUT2D eigenvalue weighted by molar-refractivity contribution is 6.31. The van der Waals surface area contributed by atoms with Gasteiger partial charge in [0, 0.05) is 17.1 Å². The van der Waals surface area contributed by atoms with Crippen LogP contribution in [0.1, 0.15) is 45.7 Å². The Morgan fingerprint density at radius 3 is 2.10 bits per heavy atom. The molecule has 3 nitrogen and oxygen atoms in total. The third kappa shape index (κ3) is 4.57. The van der Waals surface area contributed by atoms with E-state index in [-0.39, 0.29) is 6.04 Å². The molecule has 0 radical (unpaired) electrons. The molecule has 0 heterocycles. The molecule has 0 saturated heterocycles. The number of hydrogen-bond donors (Lipinski definition) is 1. The van der Waals surface area contributed by atoms with Gasteiger partial charge in [-0.3, -0.25) is 0 Å². The van der Waals surface area contributed by atoms with Crippen LogP contribution < -0.4 is 14.8 Å². The van der Waals surface area contributed by atoms with E-state index < -0.39 is 0 Å². The minimum absolute atomic E-state index is 0.220. The number of ether oxygens (including phenoxy) is 2. The van der Waals surface area contributed by atoms with E-state index in [9.17, 15) is 0 Å². The van der Waals surface area contributed by atoms with E-state index in [0.29, 0.717) is 24.9 Å². The Kier molecular flexibility index (Phi) is 7.17. The standard InChI is InChI=1S/C16H26ClNO2/c1-6-19-15-9-12(14(18-5)8-11(3)4)13(17)10-16(15)20-7-2/h9-11,14,18H,6-8H2,1-5H3. The highest BCUT2D eigenvalue weighted by Gasteiger charge is 2.18. The summed E-state index contributed by atoms with van der Waals surface area (Å²) in [4.78, 5) is 0. The second-order valence-electron chi connectivity index (χ2n) is 5.16. The van der Waals surface area contributed by atoms with E-state index in [2.05, 4.69) is 19.2 Å². The summed E-state index contributed by atoms with van der Waals surface area (Å²) in [5, 5.41) is 4.05. The maximum Gasteiger partial charge on any atom is 0.162 e. The van der Waals surface area contributed by atoms with E-state index >= 15 is 0 Å². The van der Waals surface area contributed by atoms with Crippen molar-refractivity contribution in [2.45, 2.75) is 40.2 Å². The van der Waals surface area contributed by atoms with Gasteiger partial charge in [0.05, 0.1) is 13.2 Å². The Bertz CT molecular complexity index is 421. The molecule has 0 aliphatic rings. The minimum atomic E-state index is 0.220. The van der Waals surface area contributed by atoms with Gasteiger partial charge in [-0.1, -0.05) is 25.4 Å². The molecule has 4 heteroatoms. The van der Waals surface area contributed by atoms with Crippen molar-refractivity contribution in [1.29, 1.82) is 0 Å². The van der Waals surface area contributed by atoms with Gasteiger partial charge in [-0.15, -0.1) is 0 Å². The fourth-order valence-electron chi connectivity index (χ4n) is 2.23. The lowest BCUT2D eigenvalue weighted by Gasteiger charge is -2.22. The summed E-state index contributed by atoms with van der Waals surface area (Å²) in [5.41, 5.74) is 1.06. The van der Waals surface area contributed by atoms with E-state index in [4.69, 9.17) is 21.1 Å². The number of nitrogens with one attached hydrogen (secondary N) is 1. The topological polar surface area (TPSA) is 30.5 Å². The lowest BCUT2D eigenvalue weighted by atomic mass is 9.96. The van der Waals surface area contributed by atoms with Crippen LogP contribution in [0.2, 0.25) is 5.02 Å². The molecule has 0 aromatic heterocycles. The van der Waals surface area contributed by atoms with Crippen LogP contribution in [-0.2, 0) is 0 Å². The molecule has 1 atom stereocenters. The van der Waals surface area contributed by atoms with E-state index in [1.165, 1.54) is 0 Å². The van der Waals surface area contributed by atoms with Crippen molar-refractivity contribution < 1.29 is 9.47 Å². The minimum Gasteiger partial charge on any atom is -0.490 e. The highest BCUT2D eigenvalue weighted by Crippen LogP contribution is 2.37. The summed E-state index contributed by atoms with van der Waals surface area (Å²) < 4.78 is 11.3. The summed E-state index contributed by atoms with van der Waals surface area (Å²) in [6, 6.07) is 4.08. The molecule has 0 aliphatic carbocycles. The maximum absolute atomic E-state index is 6.42. The molecule has 0 aliphatic heterocycles. The third-order valence-electron chi connectivity index (χ3n) is 3.09. The Hall–Kier alpha value is -0.930. The summed E-state index contributed by atoms with van der Waals surface area (Å²) in [6.45, 7) is 9.53. The van der Waals surface area contributed by atoms with Crippen LogP contribution in [-0.4, -0.2) is 20.3 Å². The van der Waals surface area contributed by atoms with Gasteiger partial charge in [0.25, 0.3) is 0 Å². The van der Waals surface area contributed by atoms with Crippen LogP contribution in [0.25, 0.3) is 0 Å². The average Bonchev–Trinajstić information content (AvgIpc) is 2.39. The Balaban J connectivity index is 3.15. The monoisotopic (exact) mass is 299 g/mol. The van der Waals surface area contributed by atoms with Gasteiger partial charge in [0.1, 0.15) is 0 Å². The molecule has 0 amide bonds. The van der Waals surface area contributed by atoms with Crippen LogP contribution in [0, 0.1) is 5.92 Å². The van der Waals surface area contributed by atoms with Crippen LogP contribution in [0.5, 0.6) is 11.5 Å². The fraction of sp³-hybridized carbons (Fsp3) is 0.625. The van der Waals surface area contributed by atoms with Gasteiger partial charge in [-0.05, 0) is 44.9 Å². The van der Waals surface area contributed by atoms with Crippen LogP contribution in [0.4, 0.5) is 0 Å². The number of halogens is 1. The van der Waals surface area contributed by atoms with Gasteiger partial charge in [0.15, 0.2) is 11.5 Å². The van der Waals surface area contributed by atoms with Crippen molar-refractivity contribution in [2.75, 3.05) is 20.3 Å². The Labute approximate surface area is 127 Å². The average molecular weight is 300 g/mol. The number of rotatable bonds is 8. The fourth-order valence-corrected chi connectivity index (χ4v) is 2.51. The van der Waals surface area contributed by atoms with Crippen LogP contribution in [0.3, 0.4) is 0 Å². The maximum atomic E-state index is 6.42. The number of hydrogen-bond acceptors (Lipinski definition) is 3. The first-order valence-corrected chi connectivity index (χ1v) is 7.67. The van der Waals surface area contributed by atoms with Crippen molar-refractivity contribution >= 4 is 11.6 Å². The molecule has 1 aromatic carbocycles. The van der Waals surface area contributed by atoms with Crippen molar-refractivity contribution in [1.82, 2.24) is 5.32 Å². The van der Waals surface area contributed by atoms with Crippen molar-refractivity contribution in [3.8, 4) is 11.5 Å². The molecular formula is C16H26ClNO2. The van der Waals surface area contributed by atoms with Gasteiger partial charge in [0.2, 0.25) is 0 Å². The third-order valence-corrected chi connectivity index (χ3v) is 3.42. The molecular weight excluding hydrogens is 274 g/mol. The second kappa shape index (κ2) is 8.38. The molecule has 20 heavy (non-hydrogen) atoms. The zero-order valence-corrected chi connectivity index (χ0v) is 13.9. The van der Waals surface area contributed by atoms with Crippen LogP contribution in [0.15, 0.2) is 12.1 Å². The molecule has 1 N–H and O–H groups in total. The molecule has 0 bridgehead atoms. The van der Waals surface area contributed by atoms with Gasteiger partial charge in [-0.25, -0.2) is 0 Å². The van der Waals surface area contributed by atoms with Crippen molar-refractivity contribution in [2.24, 2.45) is 5.92 Å². The number of benzene rings is 1.